The van der Waals surface area contributed by atoms with Gasteiger partial charge in [0.15, 0.2) is 76.6 Å². The van der Waals surface area contributed by atoms with Gasteiger partial charge in [-0.2, -0.15) is 36.5 Å². The second kappa shape index (κ2) is 28.3. The summed E-state index contributed by atoms with van der Waals surface area (Å²) in [5, 5.41) is 0. The molecule has 6 saturated heterocycles. The molecule has 0 bridgehead atoms. The van der Waals surface area contributed by atoms with Crippen LogP contribution in [0.1, 0.15) is 43.8 Å². The van der Waals surface area contributed by atoms with E-state index >= 15 is 8.78 Å². The quantitative estimate of drug-likeness (QED) is 0.0443. The van der Waals surface area contributed by atoms with Gasteiger partial charge in [0.25, 0.3) is 31.3 Å². The van der Waals surface area contributed by atoms with E-state index in [0.29, 0.717) is 5.56 Å². The molecule has 0 radical (unpaired) electrons. The van der Waals surface area contributed by atoms with Gasteiger partial charge >= 0.3 is 69.4 Å². The fourth-order valence-corrected chi connectivity index (χ4v) is 16.1. The normalized spacial score (nSPS) is 33.1. The molecule has 6 aliphatic rings. The average Bonchev–Trinajstić information content (AvgIpc) is 1.59. The van der Waals surface area contributed by atoms with Crippen molar-refractivity contribution in [1.29, 1.82) is 0 Å². The second-order valence-corrected chi connectivity index (χ2v) is 28.4. The number of fused-ring (bicyclic) bond motifs is 8. The number of nitrogens with zero attached hydrogens (tertiary/aromatic N) is 15. The molecule has 0 saturated carbocycles. The number of hydrogen-bond acceptors (Lipinski definition) is 36. The maximum Gasteiger partial charge on any atom is 1.00 e. The standard InChI is InChI=1S/C28H30FN10O11PS.C21H26FN12O9PS.2Na/c29-16-19-14(47-26(16)38-11-34-17-22(30)32-10-33-23(17)38)6-7-52(43,44)50-20-15(9-46-51(41,42)49-19)48-27(21(20)45-8-13-4-2-1-3-5-13)39-12-35-18-24(39)36-28(31)37-25(18)40;1-7-13-8(40-19(7)33-5-28-11-15(23)26-4-27-17(11)33)2-30-45(37,38)43-14-9(3-39-44(35,36)42-13)41-20(10(14)22)34-6-29-12-16(24)31-21(25)32-18(12)34;;/h1-5,10-12,14-16,19-21,26-27H,6-9H2,(H,41,42)(H2,30,32,33)(H3,31,36,37,40);4-10,13-14,19-20,30H,2-3H2,1H3,(H,35,36)(H2,23,26,27)(H4,24,25,31,32);;/q;;2*+1/p-2/t14-,15-,16-,19-,20-,21-,26-,27-;7-,8-,9-,10-,13+,14-,19-,20-;;/m11../s1. The molecular weight excluding hydrogens is 1430 g/mol. The summed E-state index contributed by atoms with van der Waals surface area (Å²) in [6.45, 7) is -0.705. The van der Waals surface area contributed by atoms with E-state index in [1.54, 1.807) is 37.3 Å². The van der Waals surface area contributed by atoms with E-state index < -0.39 is 172 Å². The number of anilines is 5. The number of ether oxygens (including phenoxy) is 5. The molecule has 42 nitrogen and oxygen atoms in total. The van der Waals surface area contributed by atoms with E-state index in [-0.39, 0.29) is 140 Å². The van der Waals surface area contributed by atoms with Crippen molar-refractivity contribution in [2.75, 3.05) is 54.2 Å². The molecule has 12 N–H and O–H groups in total. The van der Waals surface area contributed by atoms with Crippen molar-refractivity contribution in [2.24, 2.45) is 5.92 Å². The predicted molar refractivity (Wildman–Crippen MR) is 318 cm³/mol. The van der Waals surface area contributed by atoms with Gasteiger partial charge in [-0.3, -0.25) is 41.4 Å². The molecular formula is C49H54F2N22Na2O20P2S2. The Hall–Kier alpha value is -6.12. The number of rotatable bonds is 7. The summed E-state index contributed by atoms with van der Waals surface area (Å²) in [5.41, 5.74) is 29.8. The third-order valence-electron chi connectivity index (χ3n) is 16.4. The van der Waals surface area contributed by atoms with Crippen molar-refractivity contribution in [2.45, 2.75) is 112 Å². The van der Waals surface area contributed by atoms with Crippen molar-refractivity contribution >= 4 is 110 Å². The third-order valence-corrected chi connectivity index (χ3v) is 20.6. The average molecular weight is 1480 g/mol. The first-order valence-electron chi connectivity index (χ1n) is 29.0. The van der Waals surface area contributed by atoms with Crippen molar-refractivity contribution in [1.82, 2.24) is 82.8 Å². The number of imidazole rings is 4. The number of nitrogens with two attached hydrogens (primary N) is 5. The number of aromatic amines is 1. The Bertz CT molecular complexity index is 4910. The summed E-state index contributed by atoms with van der Waals surface area (Å²) < 4.78 is 181. The zero-order valence-corrected chi connectivity index (χ0v) is 59.0. The van der Waals surface area contributed by atoms with Crippen LogP contribution < -0.4 is 108 Å². The van der Waals surface area contributed by atoms with Gasteiger partial charge in [-0.05, 0) is 12.0 Å². The number of halogens is 2. The van der Waals surface area contributed by atoms with Gasteiger partial charge < -0.3 is 80.2 Å². The summed E-state index contributed by atoms with van der Waals surface area (Å²) in [7, 11) is -19.7. The third kappa shape index (κ3) is 14.4. The number of nitrogens with one attached hydrogen (secondary N) is 2. The van der Waals surface area contributed by atoms with E-state index in [1.807, 2.05) is 0 Å². The van der Waals surface area contributed by atoms with Crippen molar-refractivity contribution in [3.05, 3.63) is 84.2 Å². The molecule has 1 aromatic carbocycles. The monoisotopic (exact) mass is 1480 g/mol. The molecule has 6 aliphatic heterocycles. The fourth-order valence-electron chi connectivity index (χ4n) is 12.0. The van der Waals surface area contributed by atoms with E-state index in [4.69, 9.17) is 78.8 Å². The maximum absolute atomic E-state index is 16.1. The molecule has 6 fully saturated rings. The zero-order chi connectivity index (χ0) is 68.2. The van der Waals surface area contributed by atoms with Crippen LogP contribution in [0.25, 0.3) is 44.7 Å². The molecule has 0 aliphatic carbocycles. The molecule has 99 heavy (non-hydrogen) atoms. The molecule has 50 heteroatoms. The Morgan fingerprint density at radius 3 is 1.76 bits per heavy atom. The SMILES string of the molecule is C[C@@H]1[C@@H]2OP(=O)([O-])OC[C@H]3O[C@@H](n4cnc5c(N)nc(N)nc54)[C@H](F)[C@@H]3OS(=O)(=O)NC[C@H]2O[C@H]1n1cnc2c(N)ncnc21.Nc1nc2c(ncn2[C@@H]2O[C@@H]3COP(=O)([O-])O[C@H]4[C@@H](F)[C@H](n5cnc6c(N)ncnc65)O[C@@H]4CCS(=O)(=O)O[C@H]3[C@H]2OCc2ccccc2)c(=O)[nH]1.[Na+].[Na+]. The molecule has 0 spiro atoms. The maximum atomic E-state index is 16.1. The number of nitrogen functional groups attached to an aromatic ring is 5. The topological polar surface area (TPSA) is 587 Å². The number of alkyl halides is 2. The first-order valence-corrected chi connectivity index (χ1v) is 34.9. The first-order chi connectivity index (χ1) is 46.2. The summed E-state index contributed by atoms with van der Waals surface area (Å²) >= 11 is 0. The summed E-state index contributed by atoms with van der Waals surface area (Å²) in [4.78, 5) is 85.6. The van der Waals surface area contributed by atoms with Crippen LogP contribution in [-0.2, 0) is 86.3 Å². The second-order valence-electron chi connectivity index (χ2n) is 22.6. The van der Waals surface area contributed by atoms with Crippen molar-refractivity contribution in [3.63, 3.8) is 0 Å². The van der Waals surface area contributed by atoms with Gasteiger partial charge in [0, 0.05) is 12.5 Å². The minimum absolute atomic E-state index is 0. The molecule has 18 atom stereocenters. The summed E-state index contributed by atoms with van der Waals surface area (Å²) in [6.07, 6.45) is -16.4. The predicted octanol–water partition coefficient (Wildman–Crippen LogP) is -7.88. The van der Waals surface area contributed by atoms with E-state index in [2.05, 4.69) is 64.5 Å². The fraction of sp³-hybridized carbons (Fsp3) is 0.469. The Morgan fingerprint density at radius 2 is 1.12 bits per heavy atom. The summed E-state index contributed by atoms with van der Waals surface area (Å²) in [6, 6.07) is 8.87. The van der Waals surface area contributed by atoms with Crippen LogP contribution in [0.3, 0.4) is 0 Å². The minimum Gasteiger partial charge on any atom is -0.756 e. The largest absolute Gasteiger partial charge is 1.00 e. The van der Waals surface area contributed by atoms with Crippen LogP contribution in [-0.4, -0.2) is 188 Å². The van der Waals surface area contributed by atoms with Crippen LogP contribution in [0.2, 0.25) is 0 Å². The van der Waals surface area contributed by atoms with Crippen LogP contribution in [0, 0.1) is 5.92 Å². The Morgan fingerprint density at radius 1 is 0.606 bits per heavy atom. The molecule has 15 rings (SSSR count). The number of hydrogen-bond donors (Lipinski definition) is 7. The Kier molecular flexibility index (Phi) is 20.7. The number of benzene rings is 1. The Labute approximate surface area is 598 Å². The molecule has 518 valence electrons. The molecule has 8 aromatic heterocycles. The van der Waals surface area contributed by atoms with Crippen molar-refractivity contribution in [3.8, 4) is 0 Å². The van der Waals surface area contributed by atoms with Crippen LogP contribution in [0.15, 0.2) is 73.1 Å². The number of aromatic nitrogens is 16. The smallest absolute Gasteiger partial charge is 0.756 e. The number of phosphoric acid groups is 2. The minimum atomic E-state index is -5.36. The van der Waals surface area contributed by atoms with Crippen LogP contribution in [0.4, 0.5) is 38.1 Å². The summed E-state index contributed by atoms with van der Waals surface area (Å²) in [5.74, 6) is -1.93. The van der Waals surface area contributed by atoms with Crippen molar-refractivity contribution < 1.29 is 154 Å². The Balaban J connectivity index is 0.000000186. The molecule has 14 heterocycles. The van der Waals surface area contributed by atoms with Crippen LogP contribution in [0.5, 0.6) is 0 Å². The zero-order valence-electron chi connectivity index (χ0n) is 51.6. The molecule has 9 aromatic rings. The van der Waals surface area contributed by atoms with E-state index in [1.165, 1.54) is 39.0 Å². The van der Waals surface area contributed by atoms with E-state index in [0.717, 1.165) is 17.2 Å². The van der Waals surface area contributed by atoms with Gasteiger partial charge in [0.1, 0.15) is 84.3 Å². The van der Waals surface area contributed by atoms with Gasteiger partial charge in [-0.15, -0.1) is 0 Å². The van der Waals surface area contributed by atoms with Crippen LogP contribution >= 0.6 is 15.6 Å². The van der Waals surface area contributed by atoms with Gasteiger partial charge in [0.05, 0.1) is 57.0 Å². The molecule has 0 amide bonds. The molecule has 2 unspecified atom stereocenters. The van der Waals surface area contributed by atoms with E-state index in [9.17, 15) is 40.5 Å². The number of H-pyrrole nitrogens is 1. The number of phosphoric ester groups is 2. The van der Waals surface area contributed by atoms with Gasteiger partial charge in [-0.1, -0.05) is 37.3 Å². The van der Waals surface area contributed by atoms with Gasteiger partial charge in [0.2, 0.25) is 11.9 Å². The first kappa shape index (κ1) is 72.7. The van der Waals surface area contributed by atoms with Gasteiger partial charge in [-0.25, -0.2) is 52.8 Å².